The Kier molecular flexibility index (Phi) is 3.03. The van der Waals surface area contributed by atoms with Crippen molar-refractivity contribution >= 4 is 15.9 Å². The van der Waals surface area contributed by atoms with Gasteiger partial charge in [0.15, 0.2) is 0 Å². The third-order valence-corrected chi connectivity index (χ3v) is 3.13. The van der Waals surface area contributed by atoms with Gasteiger partial charge in [0, 0.05) is 16.7 Å². The van der Waals surface area contributed by atoms with Crippen LogP contribution in [0.15, 0.2) is 16.7 Å². The van der Waals surface area contributed by atoms with E-state index in [-0.39, 0.29) is 6.61 Å². The van der Waals surface area contributed by atoms with Gasteiger partial charge in [-0.3, -0.25) is 0 Å². The predicted octanol–water partition coefficient (Wildman–Crippen LogP) is 2.27. The molecule has 0 spiro atoms. The molecule has 1 heterocycles. The van der Waals surface area contributed by atoms with Gasteiger partial charge in [-0.2, -0.15) is 0 Å². The number of aliphatic hydroxyl groups excluding tert-OH is 1. The summed E-state index contributed by atoms with van der Waals surface area (Å²) in [5.74, 6) is 0.613. The first-order valence-electron chi connectivity index (χ1n) is 4.71. The monoisotopic (exact) mass is 257 g/mol. The summed E-state index contributed by atoms with van der Waals surface area (Å²) in [5.41, 5.74) is 0.814. The van der Waals surface area contributed by atoms with Crippen LogP contribution in [0.4, 0.5) is 0 Å². The Morgan fingerprint density at radius 2 is 2.36 bits per heavy atom. The summed E-state index contributed by atoms with van der Waals surface area (Å²) >= 11 is 3.31. The molecule has 1 fully saturated rings. The molecule has 14 heavy (non-hydrogen) atoms. The van der Waals surface area contributed by atoms with Crippen LogP contribution in [-0.4, -0.2) is 16.2 Å². The van der Waals surface area contributed by atoms with Gasteiger partial charge in [-0.25, -0.2) is 4.98 Å². The number of pyridine rings is 1. The standard InChI is InChI=1S/C10H12BrNO2/c11-9-5-12-10(4-7(9)6-13)14-8-2-1-3-8/h4-5,8,13H,1-3,6H2. The smallest absolute Gasteiger partial charge is 0.213 e. The summed E-state index contributed by atoms with van der Waals surface area (Å²) in [6.45, 7) is 0.00410. The molecule has 0 aliphatic heterocycles. The molecule has 1 aromatic heterocycles. The quantitative estimate of drug-likeness (QED) is 0.904. The minimum Gasteiger partial charge on any atom is -0.474 e. The molecule has 0 saturated heterocycles. The molecule has 2 rings (SSSR count). The van der Waals surface area contributed by atoms with Crippen molar-refractivity contribution in [2.45, 2.75) is 32.0 Å². The molecule has 3 nitrogen and oxygen atoms in total. The van der Waals surface area contributed by atoms with E-state index in [4.69, 9.17) is 9.84 Å². The van der Waals surface area contributed by atoms with Gasteiger partial charge in [0.2, 0.25) is 5.88 Å². The van der Waals surface area contributed by atoms with Crippen LogP contribution < -0.4 is 4.74 Å². The Labute approximate surface area is 91.2 Å². The van der Waals surface area contributed by atoms with Crippen molar-refractivity contribution in [3.05, 3.63) is 22.3 Å². The largest absolute Gasteiger partial charge is 0.474 e. The van der Waals surface area contributed by atoms with E-state index in [1.165, 1.54) is 6.42 Å². The maximum atomic E-state index is 9.03. The maximum Gasteiger partial charge on any atom is 0.213 e. The minimum absolute atomic E-state index is 0.00410. The Hall–Kier alpha value is -0.610. The van der Waals surface area contributed by atoms with Crippen molar-refractivity contribution in [2.24, 2.45) is 0 Å². The Bertz CT molecular complexity index is 326. The van der Waals surface area contributed by atoms with Crippen LogP contribution in [0.1, 0.15) is 24.8 Å². The number of hydrogen-bond acceptors (Lipinski definition) is 3. The van der Waals surface area contributed by atoms with Crippen LogP contribution in [0.5, 0.6) is 5.88 Å². The summed E-state index contributed by atoms with van der Waals surface area (Å²) in [6.07, 6.45) is 5.47. The fourth-order valence-electron chi connectivity index (χ4n) is 1.30. The molecule has 1 saturated carbocycles. The lowest BCUT2D eigenvalue weighted by Crippen LogP contribution is -2.25. The van der Waals surface area contributed by atoms with Crippen LogP contribution in [0.3, 0.4) is 0 Å². The molecular weight excluding hydrogens is 246 g/mol. The molecule has 76 valence electrons. The SMILES string of the molecule is OCc1cc(OC2CCC2)ncc1Br. The lowest BCUT2D eigenvalue weighted by atomic mass is 9.96. The molecule has 0 radical (unpaired) electrons. The van der Waals surface area contributed by atoms with E-state index in [2.05, 4.69) is 20.9 Å². The van der Waals surface area contributed by atoms with Crippen molar-refractivity contribution < 1.29 is 9.84 Å². The van der Waals surface area contributed by atoms with E-state index in [0.29, 0.717) is 12.0 Å². The molecule has 1 aromatic rings. The molecule has 4 heteroatoms. The van der Waals surface area contributed by atoms with Crippen molar-refractivity contribution in [3.8, 4) is 5.88 Å². The van der Waals surface area contributed by atoms with Gasteiger partial charge in [-0.1, -0.05) is 0 Å². The molecule has 1 N–H and O–H groups in total. The molecule has 1 aliphatic carbocycles. The van der Waals surface area contributed by atoms with E-state index >= 15 is 0 Å². The van der Waals surface area contributed by atoms with Gasteiger partial charge in [-0.15, -0.1) is 0 Å². The Morgan fingerprint density at radius 3 is 2.93 bits per heavy atom. The molecule has 0 amide bonds. The predicted molar refractivity (Wildman–Crippen MR) is 56.1 cm³/mol. The highest BCUT2D eigenvalue weighted by Crippen LogP contribution is 2.26. The zero-order chi connectivity index (χ0) is 9.97. The summed E-state index contributed by atoms with van der Waals surface area (Å²) < 4.78 is 6.43. The molecule has 1 aliphatic rings. The second-order valence-electron chi connectivity index (χ2n) is 3.44. The highest BCUT2D eigenvalue weighted by molar-refractivity contribution is 9.10. The number of rotatable bonds is 3. The zero-order valence-corrected chi connectivity index (χ0v) is 9.33. The molecule has 0 bridgehead atoms. The summed E-state index contributed by atoms with van der Waals surface area (Å²) in [4.78, 5) is 4.13. The fraction of sp³-hybridized carbons (Fsp3) is 0.500. The van der Waals surface area contributed by atoms with Gasteiger partial charge < -0.3 is 9.84 Å². The third-order valence-electron chi connectivity index (χ3n) is 2.42. The van der Waals surface area contributed by atoms with Gasteiger partial charge >= 0.3 is 0 Å². The Morgan fingerprint density at radius 1 is 1.57 bits per heavy atom. The van der Waals surface area contributed by atoms with E-state index < -0.39 is 0 Å². The van der Waals surface area contributed by atoms with Crippen molar-refractivity contribution in [2.75, 3.05) is 0 Å². The second kappa shape index (κ2) is 4.28. The van der Waals surface area contributed by atoms with Crippen molar-refractivity contribution in [1.29, 1.82) is 0 Å². The van der Waals surface area contributed by atoms with Gasteiger partial charge in [0.25, 0.3) is 0 Å². The number of nitrogens with zero attached hydrogens (tertiary/aromatic N) is 1. The lowest BCUT2D eigenvalue weighted by molar-refractivity contribution is 0.114. The van der Waals surface area contributed by atoms with Gasteiger partial charge in [-0.05, 0) is 40.8 Å². The van der Waals surface area contributed by atoms with Crippen molar-refractivity contribution in [3.63, 3.8) is 0 Å². The van der Waals surface area contributed by atoms with Gasteiger partial charge in [0.05, 0.1) is 6.61 Å². The first kappa shape index (κ1) is 9.93. The van der Waals surface area contributed by atoms with Crippen LogP contribution in [0.2, 0.25) is 0 Å². The van der Waals surface area contributed by atoms with Crippen LogP contribution in [0, 0.1) is 0 Å². The van der Waals surface area contributed by atoms with Crippen LogP contribution >= 0.6 is 15.9 Å². The van der Waals surface area contributed by atoms with Crippen molar-refractivity contribution in [1.82, 2.24) is 4.98 Å². The molecule has 0 aromatic carbocycles. The lowest BCUT2D eigenvalue weighted by Gasteiger charge is -2.25. The molecule has 0 atom stereocenters. The van der Waals surface area contributed by atoms with Gasteiger partial charge in [0.1, 0.15) is 6.10 Å². The molecule has 0 unspecified atom stereocenters. The third kappa shape index (κ3) is 2.07. The highest BCUT2D eigenvalue weighted by Gasteiger charge is 2.19. The molecular formula is C10H12BrNO2. The van der Waals surface area contributed by atoms with Crippen LogP contribution in [-0.2, 0) is 6.61 Å². The first-order valence-corrected chi connectivity index (χ1v) is 5.51. The number of hydrogen-bond donors (Lipinski definition) is 1. The van der Waals surface area contributed by atoms with E-state index in [0.717, 1.165) is 22.9 Å². The number of aromatic nitrogens is 1. The summed E-state index contributed by atoms with van der Waals surface area (Å²) in [6, 6.07) is 1.78. The van der Waals surface area contributed by atoms with Crippen LogP contribution in [0.25, 0.3) is 0 Å². The fourth-order valence-corrected chi connectivity index (χ4v) is 1.65. The topological polar surface area (TPSA) is 42.4 Å². The zero-order valence-electron chi connectivity index (χ0n) is 7.74. The van der Waals surface area contributed by atoms with E-state index in [1.54, 1.807) is 12.3 Å². The average molecular weight is 258 g/mol. The minimum atomic E-state index is 0.00410. The second-order valence-corrected chi connectivity index (χ2v) is 4.30. The average Bonchev–Trinajstić information content (AvgIpc) is 2.14. The van der Waals surface area contributed by atoms with E-state index in [9.17, 15) is 0 Å². The number of ether oxygens (including phenoxy) is 1. The highest BCUT2D eigenvalue weighted by atomic mass is 79.9. The summed E-state index contributed by atoms with van der Waals surface area (Å²) in [5, 5.41) is 9.03. The first-order chi connectivity index (χ1) is 6.79. The normalized spacial score (nSPS) is 16.4. The number of aliphatic hydroxyl groups is 1. The number of halogens is 1. The Balaban J connectivity index is 2.09. The van der Waals surface area contributed by atoms with E-state index in [1.807, 2.05) is 0 Å². The maximum absolute atomic E-state index is 9.03. The summed E-state index contributed by atoms with van der Waals surface area (Å²) in [7, 11) is 0.